The lowest BCUT2D eigenvalue weighted by atomic mass is 10.1. The summed E-state index contributed by atoms with van der Waals surface area (Å²) in [5, 5.41) is 13.6. The van der Waals surface area contributed by atoms with Gasteiger partial charge in [-0.05, 0) is 55.0 Å². The van der Waals surface area contributed by atoms with Crippen LogP contribution in [-0.2, 0) is 24.3 Å². The van der Waals surface area contributed by atoms with Gasteiger partial charge in [-0.15, -0.1) is 0 Å². The highest BCUT2D eigenvalue weighted by Crippen LogP contribution is 2.28. The van der Waals surface area contributed by atoms with Crippen molar-refractivity contribution in [1.82, 2.24) is 14.9 Å². The Hall–Kier alpha value is -3.68. The number of amides is 1. The van der Waals surface area contributed by atoms with E-state index in [1.54, 1.807) is 18.3 Å². The Morgan fingerprint density at radius 2 is 1.73 bits per heavy atom. The molecule has 4 aromatic rings. The minimum absolute atomic E-state index is 0.00212. The van der Waals surface area contributed by atoms with Gasteiger partial charge in [0.2, 0.25) is 0 Å². The van der Waals surface area contributed by atoms with Crippen LogP contribution >= 0.6 is 11.6 Å². The molecule has 2 heterocycles. The number of hydrogen-bond donors (Lipinski definition) is 2. The predicted molar refractivity (Wildman–Crippen MR) is 144 cm³/mol. The van der Waals surface area contributed by atoms with Crippen LogP contribution in [0.15, 0.2) is 73.1 Å². The van der Waals surface area contributed by atoms with E-state index in [9.17, 15) is 14.7 Å². The minimum Gasteiger partial charge on any atom is -0.478 e. The third kappa shape index (κ3) is 6.96. The summed E-state index contributed by atoms with van der Waals surface area (Å²) >= 11 is 6.46. The largest absolute Gasteiger partial charge is 0.478 e. The van der Waals surface area contributed by atoms with Crippen LogP contribution in [0, 0.1) is 0 Å². The molecule has 0 radical (unpaired) electrons. The molecule has 4 rings (SSSR count). The summed E-state index contributed by atoms with van der Waals surface area (Å²) in [4.78, 5) is 28.1. The molecule has 0 atom stereocenters. The number of nitrogens with zero attached hydrogens (tertiary/aromatic N) is 2. The van der Waals surface area contributed by atoms with Gasteiger partial charge in [-0.1, -0.05) is 54.1 Å². The van der Waals surface area contributed by atoms with Crippen LogP contribution in [0.4, 0.5) is 0 Å². The summed E-state index contributed by atoms with van der Waals surface area (Å²) in [5.41, 5.74) is 3.52. The van der Waals surface area contributed by atoms with Crippen molar-refractivity contribution in [2.45, 2.75) is 38.8 Å². The van der Waals surface area contributed by atoms with Crippen molar-refractivity contribution >= 4 is 34.4 Å². The van der Waals surface area contributed by atoms with Gasteiger partial charge in [-0.2, -0.15) is 0 Å². The summed E-state index contributed by atoms with van der Waals surface area (Å²) in [6, 6.07) is 18.3. The van der Waals surface area contributed by atoms with Crippen LogP contribution in [0.25, 0.3) is 10.9 Å². The number of aromatic carboxylic acids is 1. The van der Waals surface area contributed by atoms with Gasteiger partial charge < -0.3 is 19.7 Å². The number of carbonyl (C=O) groups excluding carboxylic acids is 1. The molecular formula is C29H30ClN3O4. The minimum atomic E-state index is -1.11. The third-order valence-corrected chi connectivity index (χ3v) is 6.47. The first-order chi connectivity index (χ1) is 18.0. The van der Waals surface area contributed by atoms with Crippen LogP contribution < -0.4 is 5.32 Å². The first kappa shape index (κ1) is 26.4. The fraction of sp³-hybridized carbons (Fsp3) is 0.276. The van der Waals surface area contributed by atoms with Gasteiger partial charge in [0, 0.05) is 37.5 Å². The van der Waals surface area contributed by atoms with Gasteiger partial charge in [-0.25, -0.2) is 9.78 Å². The Morgan fingerprint density at radius 1 is 0.973 bits per heavy atom. The Morgan fingerprint density at radius 3 is 2.51 bits per heavy atom. The standard InChI is InChI=1S/C29H30ClN3O4/c30-27-26-22(11-8-18-37-20-21-9-2-1-3-10-21)19-33(25(26)14-16-31-27)17-7-6-15-32-28(34)23-12-4-5-13-24(23)29(35)36/h1-5,9-10,12-14,16,19H,6-8,11,15,17-18,20H2,(H,32,34)(H,35,36). The van der Waals surface area contributed by atoms with Crippen molar-refractivity contribution in [2.24, 2.45) is 0 Å². The third-order valence-electron chi connectivity index (χ3n) is 6.18. The number of carboxylic acid groups (broad SMARTS) is 1. The number of carboxylic acids is 1. The van der Waals surface area contributed by atoms with Crippen molar-refractivity contribution < 1.29 is 19.4 Å². The second-order valence-corrected chi connectivity index (χ2v) is 9.16. The summed E-state index contributed by atoms with van der Waals surface area (Å²) < 4.78 is 8.02. The van der Waals surface area contributed by atoms with E-state index in [0.717, 1.165) is 54.3 Å². The highest BCUT2D eigenvalue weighted by atomic mass is 35.5. The summed E-state index contributed by atoms with van der Waals surface area (Å²) in [7, 11) is 0. The molecule has 0 aliphatic carbocycles. The maximum Gasteiger partial charge on any atom is 0.336 e. The van der Waals surface area contributed by atoms with E-state index < -0.39 is 5.97 Å². The summed E-state index contributed by atoms with van der Waals surface area (Å²) in [5.74, 6) is -1.49. The van der Waals surface area contributed by atoms with E-state index in [2.05, 4.69) is 33.2 Å². The predicted octanol–water partition coefficient (Wildman–Crippen LogP) is 5.75. The molecule has 0 unspecified atom stereocenters. The summed E-state index contributed by atoms with van der Waals surface area (Å²) in [6.07, 6.45) is 7.15. The molecule has 0 saturated heterocycles. The Kier molecular flexibility index (Phi) is 9.29. The van der Waals surface area contributed by atoms with Crippen molar-refractivity contribution in [1.29, 1.82) is 0 Å². The number of carbonyl (C=O) groups is 2. The second-order valence-electron chi connectivity index (χ2n) is 8.80. The number of halogens is 1. The van der Waals surface area contributed by atoms with Crippen LogP contribution in [0.2, 0.25) is 5.15 Å². The Balaban J connectivity index is 1.28. The van der Waals surface area contributed by atoms with Crippen molar-refractivity contribution in [3.63, 3.8) is 0 Å². The second kappa shape index (κ2) is 13.0. The molecule has 192 valence electrons. The molecular weight excluding hydrogens is 490 g/mol. The van der Waals surface area contributed by atoms with Gasteiger partial charge >= 0.3 is 5.97 Å². The SMILES string of the molecule is O=C(O)c1ccccc1C(=O)NCCCCn1cc(CCCOCc2ccccc2)c2c(Cl)nccc21. The van der Waals surface area contributed by atoms with Gasteiger partial charge in [0.25, 0.3) is 5.91 Å². The smallest absolute Gasteiger partial charge is 0.336 e. The number of ether oxygens (including phenoxy) is 1. The lowest BCUT2D eigenvalue weighted by Gasteiger charge is -2.09. The zero-order chi connectivity index (χ0) is 26.0. The lowest BCUT2D eigenvalue weighted by molar-refractivity contribution is 0.0691. The molecule has 0 aliphatic heterocycles. The molecule has 8 heteroatoms. The molecule has 0 saturated carbocycles. The van der Waals surface area contributed by atoms with Gasteiger partial charge in [0.15, 0.2) is 0 Å². The molecule has 0 aliphatic rings. The highest BCUT2D eigenvalue weighted by molar-refractivity contribution is 6.34. The Labute approximate surface area is 221 Å². The van der Waals surface area contributed by atoms with Crippen LogP contribution in [-0.4, -0.2) is 39.7 Å². The zero-order valence-electron chi connectivity index (χ0n) is 20.5. The number of pyridine rings is 1. The quantitative estimate of drug-likeness (QED) is 0.173. The molecule has 37 heavy (non-hydrogen) atoms. The van der Waals surface area contributed by atoms with Crippen molar-refractivity contribution in [2.75, 3.05) is 13.2 Å². The number of nitrogens with one attached hydrogen (secondary N) is 1. The molecule has 0 fully saturated rings. The molecule has 2 aromatic carbocycles. The fourth-order valence-corrected chi connectivity index (χ4v) is 4.64. The molecule has 7 nitrogen and oxygen atoms in total. The van der Waals surface area contributed by atoms with E-state index in [0.29, 0.717) is 24.9 Å². The zero-order valence-corrected chi connectivity index (χ0v) is 21.3. The number of aryl methyl sites for hydroxylation is 2. The normalized spacial score (nSPS) is 11.1. The number of rotatable bonds is 13. The maximum atomic E-state index is 12.4. The number of benzene rings is 2. The summed E-state index contributed by atoms with van der Waals surface area (Å²) in [6.45, 7) is 2.48. The van der Waals surface area contributed by atoms with Crippen molar-refractivity contribution in [3.05, 3.63) is 100 Å². The van der Waals surface area contributed by atoms with Gasteiger partial charge in [0.05, 0.1) is 23.3 Å². The van der Waals surface area contributed by atoms with Crippen LogP contribution in [0.5, 0.6) is 0 Å². The lowest BCUT2D eigenvalue weighted by Crippen LogP contribution is -2.26. The number of fused-ring (bicyclic) bond motifs is 1. The Bertz CT molecular complexity index is 1350. The van der Waals surface area contributed by atoms with Crippen LogP contribution in [0.1, 0.15) is 51.1 Å². The van der Waals surface area contributed by atoms with Crippen molar-refractivity contribution in [3.8, 4) is 0 Å². The molecule has 2 aromatic heterocycles. The highest BCUT2D eigenvalue weighted by Gasteiger charge is 2.15. The monoisotopic (exact) mass is 519 g/mol. The fourth-order valence-electron chi connectivity index (χ4n) is 4.36. The van der Waals surface area contributed by atoms with E-state index in [1.165, 1.54) is 12.1 Å². The van der Waals surface area contributed by atoms with E-state index in [4.69, 9.17) is 16.3 Å². The average molecular weight is 520 g/mol. The molecule has 0 spiro atoms. The first-order valence-corrected chi connectivity index (χ1v) is 12.8. The number of aromatic nitrogens is 2. The number of hydrogen-bond acceptors (Lipinski definition) is 4. The molecule has 1 amide bonds. The average Bonchev–Trinajstić information content (AvgIpc) is 3.27. The van der Waals surface area contributed by atoms with E-state index in [1.807, 2.05) is 24.3 Å². The van der Waals surface area contributed by atoms with Crippen LogP contribution in [0.3, 0.4) is 0 Å². The van der Waals surface area contributed by atoms with E-state index in [-0.39, 0.29) is 17.0 Å². The topological polar surface area (TPSA) is 93.4 Å². The molecule has 0 bridgehead atoms. The van der Waals surface area contributed by atoms with Gasteiger partial charge in [0.1, 0.15) is 5.15 Å². The van der Waals surface area contributed by atoms with Gasteiger partial charge in [-0.3, -0.25) is 4.79 Å². The first-order valence-electron chi connectivity index (χ1n) is 12.4. The number of unbranched alkanes of at least 4 members (excludes halogenated alkanes) is 1. The molecule has 2 N–H and O–H groups in total. The van der Waals surface area contributed by atoms with E-state index >= 15 is 0 Å². The maximum absolute atomic E-state index is 12.4.